The first-order valence-electron chi connectivity index (χ1n) is 8.56. The van der Waals surface area contributed by atoms with Gasteiger partial charge < -0.3 is 16.0 Å². The number of carbonyl (C=O) groups is 1. The van der Waals surface area contributed by atoms with Crippen molar-refractivity contribution in [2.75, 3.05) is 18.4 Å². The predicted octanol–water partition coefficient (Wildman–Crippen LogP) is 3.01. The van der Waals surface area contributed by atoms with Crippen LogP contribution in [0.25, 0.3) is 5.57 Å². The summed E-state index contributed by atoms with van der Waals surface area (Å²) < 4.78 is 0. The average Bonchev–Trinajstić information content (AvgIpc) is 2.63. The van der Waals surface area contributed by atoms with Crippen LogP contribution in [0.3, 0.4) is 0 Å². The SMILES string of the molecule is CC1=C(c2ccc(NC(=O)c3cccnc3C)cc2)CN(C(=N)N)CC1. The van der Waals surface area contributed by atoms with Gasteiger partial charge in [-0.05, 0) is 55.7 Å². The van der Waals surface area contributed by atoms with E-state index in [1.54, 1.807) is 18.3 Å². The number of rotatable bonds is 3. The summed E-state index contributed by atoms with van der Waals surface area (Å²) in [4.78, 5) is 18.4. The summed E-state index contributed by atoms with van der Waals surface area (Å²) in [6.45, 7) is 5.36. The highest BCUT2D eigenvalue weighted by Gasteiger charge is 2.18. The van der Waals surface area contributed by atoms with Crippen LogP contribution in [0.5, 0.6) is 0 Å². The zero-order valence-electron chi connectivity index (χ0n) is 15.0. The molecule has 0 unspecified atom stereocenters. The van der Waals surface area contributed by atoms with E-state index in [0.29, 0.717) is 17.8 Å². The van der Waals surface area contributed by atoms with Crippen LogP contribution in [0.15, 0.2) is 48.2 Å². The van der Waals surface area contributed by atoms with Gasteiger partial charge in [0.25, 0.3) is 5.91 Å². The maximum atomic E-state index is 12.4. The van der Waals surface area contributed by atoms with E-state index in [9.17, 15) is 4.79 Å². The van der Waals surface area contributed by atoms with E-state index in [1.807, 2.05) is 36.1 Å². The van der Waals surface area contributed by atoms with E-state index in [1.165, 1.54) is 11.1 Å². The summed E-state index contributed by atoms with van der Waals surface area (Å²) in [5.41, 5.74) is 11.2. The smallest absolute Gasteiger partial charge is 0.257 e. The van der Waals surface area contributed by atoms with E-state index in [4.69, 9.17) is 11.1 Å². The highest BCUT2D eigenvalue weighted by molar-refractivity contribution is 6.05. The molecule has 0 fully saturated rings. The Morgan fingerprint density at radius 2 is 1.96 bits per heavy atom. The van der Waals surface area contributed by atoms with Gasteiger partial charge in [-0.1, -0.05) is 17.7 Å². The highest BCUT2D eigenvalue weighted by atomic mass is 16.1. The molecule has 3 rings (SSSR count). The largest absolute Gasteiger partial charge is 0.370 e. The molecule has 2 aromatic rings. The third-order valence-electron chi connectivity index (χ3n) is 4.70. The Morgan fingerprint density at radius 3 is 2.62 bits per heavy atom. The lowest BCUT2D eigenvalue weighted by molar-refractivity contribution is 0.102. The molecule has 0 saturated heterocycles. The number of guanidine groups is 1. The molecule has 0 atom stereocenters. The van der Waals surface area contributed by atoms with Gasteiger partial charge in [0.2, 0.25) is 0 Å². The maximum absolute atomic E-state index is 12.4. The summed E-state index contributed by atoms with van der Waals surface area (Å²) in [5.74, 6) is -0.0649. The zero-order valence-corrected chi connectivity index (χ0v) is 15.0. The lowest BCUT2D eigenvalue weighted by atomic mass is 9.95. The fourth-order valence-electron chi connectivity index (χ4n) is 3.08. The Labute approximate surface area is 153 Å². The molecular weight excluding hydrogens is 326 g/mol. The van der Waals surface area contributed by atoms with Crippen LogP contribution in [0.2, 0.25) is 0 Å². The van der Waals surface area contributed by atoms with Crippen molar-refractivity contribution in [1.82, 2.24) is 9.88 Å². The standard InChI is InChI=1S/C20H23N5O/c1-13-9-11-25(20(21)22)12-18(13)15-5-7-16(8-6-15)24-19(26)17-4-3-10-23-14(17)2/h3-8,10H,9,11-12H2,1-2H3,(H3,21,22)(H,24,26). The van der Waals surface area contributed by atoms with Gasteiger partial charge in [0, 0.05) is 30.7 Å². The number of anilines is 1. The third-order valence-corrected chi connectivity index (χ3v) is 4.70. The monoisotopic (exact) mass is 349 g/mol. The van der Waals surface area contributed by atoms with Crippen molar-refractivity contribution < 1.29 is 4.79 Å². The highest BCUT2D eigenvalue weighted by Crippen LogP contribution is 2.27. The van der Waals surface area contributed by atoms with Gasteiger partial charge in [-0.25, -0.2) is 0 Å². The average molecular weight is 349 g/mol. The van der Waals surface area contributed by atoms with Crippen molar-refractivity contribution in [3.8, 4) is 0 Å². The van der Waals surface area contributed by atoms with Crippen LogP contribution < -0.4 is 11.1 Å². The molecule has 0 radical (unpaired) electrons. The first kappa shape index (κ1) is 17.7. The summed E-state index contributed by atoms with van der Waals surface area (Å²) in [6.07, 6.45) is 2.57. The van der Waals surface area contributed by atoms with Gasteiger partial charge in [-0.2, -0.15) is 0 Å². The van der Waals surface area contributed by atoms with E-state index in [0.717, 1.165) is 24.2 Å². The number of hydrogen-bond acceptors (Lipinski definition) is 3. The predicted molar refractivity (Wildman–Crippen MR) is 104 cm³/mol. The van der Waals surface area contributed by atoms with Gasteiger partial charge in [0.05, 0.1) is 5.56 Å². The van der Waals surface area contributed by atoms with Crippen molar-refractivity contribution in [1.29, 1.82) is 5.41 Å². The molecule has 0 saturated carbocycles. The minimum absolute atomic E-state index is 0.103. The number of aryl methyl sites for hydroxylation is 1. The summed E-state index contributed by atoms with van der Waals surface area (Å²) in [6, 6.07) is 11.3. The molecule has 1 aliphatic heterocycles. The summed E-state index contributed by atoms with van der Waals surface area (Å²) in [5, 5.41) is 10.6. The van der Waals surface area contributed by atoms with Crippen LogP contribution in [0, 0.1) is 12.3 Å². The van der Waals surface area contributed by atoms with E-state index in [2.05, 4.69) is 17.2 Å². The number of carbonyl (C=O) groups excluding carboxylic acids is 1. The van der Waals surface area contributed by atoms with E-state index in [-0.39, 0.29) is 11.9 Å². The molecule has 0 spiro atoms. The molecule has 1 amide bonds. The van der Waals surface area contributed by atoms with Crippen molar-refractivity contribution in [3.63, 3.8) is 0 Å². The van der Waals surface area contributed by atoms with Crippen LogP contribution in [-0.4, -0.2) is 34.8 Å². The zero-order chi connectivity index (χ0) is 18.7. The quantitative estimate of drug-likeness (QED) is 0.586. The maximum Gasteiger partial charge on any atom is 0.257 e. The molecule has 1 aromatic carbocycles. The molecule has 6 nitrogen and oxygen atoms in total. The number of nitrogens with one attached hydrogen (secondary N) is 2. The van der Waals surface area contributed by atoms with Gasteiger partial charge in [0.15, 0.2) is 5.96 Å². The molecule has 1 aliphatic rings. The third kappa shape index (κ3) is 3.74. The molecule has 0 aliphatic carbocycles. The van der Waals surface area contributed by atoms with Crippen molar-refractivity contribution in [3.05, 3.63) is 65.0 Å². The number of pyridine rings is 1. The number of hydrogen-bond donors (Lipinski definition) is 3. The Hall–Kier alpha value is -3.15. The second-order valence-electron chi connectivity index (χ2n) is 6.48. The van der Waals surface area contributed by atoms with Crippen LogP contribution in [-0.2, 0) is 0 Å². The first-order chi connectivity index (χ1) is 12.5. The minimum Gasteiger partial charge on any atom is -0.370 e. The molecule has 2 heterocycles. The molecule has 4 N–H and O–H groups in total. The number of nitrogens with two attached hydrogens (primary N) is 1. The van der Waals surface area contributed by atoms with Crippen molar-refractivity contribution in [2.24, 2.45) is 5.73 Å². The Morgan fingerprint density at radius 1 is 1.23 bits per heavy atom. The second-order valence-corrected chi connectivity index (χ2v) is 6.48. The van der Waals surface area contributed by atoms with Gasteiger partial charge >= 0.3 is 0 Å². The van der Waals surface area contributed by atoms with E-state index >= 15 is 0 Å². The normalized spacial score (nSPS) is 14.3. The Balaban J connectivity index is 1.75. The van der Waals surface area contributed by atoms with Crippen LogP contribution in [0.1, 0.15) is 35.0 Å². The lowest BCUT2D eigenvalue weighted by Crippen LogP contribution is -2.40. The molecule has 134 valence electrons. The summed E-state index contributed by atoms with van der Waals surface area (Å²) in [7, 11) is 0. The fourth-order valence-corrected chi connectivity index (χ4v) is 3.08. The summed E-state index contributed by atoms with van der Waals surface area (Å²) >= 11 is 0. The first-order valence-corrected chi connectivity index (χ1v) is 8.56. The number of aromatic nitrogens is 1. The van der Waals surface area contributed by atoms with Gasteiger partial charge in [-0.3, -0.25) is 15.2 Å². The molecule has 6 heteroatoms. The Kier molecular flexibility index (Phi) is 5.02. The molecule has 1 aromatic heterocycles. The lowest BCUT2D eigenvalue weighted by Gasteiger charge is -2.30. The topological polar surface area (TPSA) is 95.1 Å². The van der Waals surface area contributed by atoms with Gasteiger partial charge in [-0.15, -0.1) is 0 Å². The molecule has 0 bridgehead atoms. The number of amides is 1. The number of nitrogens with zero attached hydrogens (tertiary/aromatic N) is 2. The molecular formula is C20H23N5O. The molecule has 26 heavy (non-hydrogen) atoms. The van der Waals surface area contributed by atoms with Crippen molar-refractivity contribution >= 4 is 23.1 Å². The number of benzene rings is 1. The second kappa shape index (κ2) is 7.39. The minimum atomic E-state index is -0.167. The Bertz CT molecular complexity index is 870. The van der Waals surface area contributed by atoms with Crippen LogP contribution in [0.4, 0.5) is 5.69 Å². The van der Waals surface area contributed by atoms with Crippen molar-refractivity contribution in [2.45, 2.75) is 20.3 Å². The fraction of sp³-hybridized carbons (Fsp3) is 0.250. The van der Waals surface area contributed by atoms with Gasteiger partial charge in [0.1, 0.15) is 0 Å². The van der Waals surface area contributed by atoms with E-state index < -0.39 is 0 Å². The van der Waals surface area contributed by atoms with Crippen LogP contribution >= 0.6 is 0 Å².